The van der Waals surface area contributed by atoms with Crippen LogP contribution in [-0.4, -0.2) is 49.4 Å². The maximum Gasteiger partial charge on any atom is 0.273 e. The molecule has 0 aliphatic heterocycles. The van der Waals surface area contributed by atoms with E-state index in [4.69, 9.17) is 14.6 Å². The summed E-state index contributed by atoms with van der Waals surface area (Å²) in [5, 5.41) is 21.7. The molecule has 0 saturated carbocycles. The molecular weight excluding hydrogens is 268 g/mol. The minimum atomic E-state index is -0.563. The first-order valence-electron chi connectivity index (χ1n) is 5.89. The first-order valence-corrected chi connectivity index (χ1v) is 5.89. The molecule has 8 nitrogen and oxygen atoms in total. The Morgan fingerprint density at radius 2 is 2.20 bits per heavy atom. The summed E-state index contributed by atoms with van der Waals surface area (Å²) in [5.74, 6) is -0.280. The Morgan fingerprint density at radius 1 is 1.45 bits per heavy atom. The van der Waals surface area contributed by atoms with Crippen molar-refractivity contribution in [1.82, 2.24) is 5.32 Å². The highest BCUT2D eigenvalue weighted by molar-refractivity contribution is 5.97. The highest BCUT2D eigenvalue weighted by atomic mass is 16.6. The summed E-state index contributed by atoms with van der Waals surface area (Å²) in [6.45, 7) is 0.654. The van der Waals surface area contributed by atoms with Crippen LogP contribution in [0.5, 0.6) is 5.75 Å². The van der Waals surface area contributed by atoms with Crippen molar-refractivity contribution in [2.75, 3.05) is 33.5 Å². The third-order valence-corrected chi connectivity index (χ3v) is 2.41. The number of hydrogen-bond acceptors (Lipinski definition) is 6. The van der Waals surface area contributed by atoms with Crippen LogP contribution in [0.2, 0.25) is 0 Å². The van der Waals surface area contributed by atoms with E-state index < -0.39 is 10.8 Å². The van der Waals surface area contributed by atoms with Crippen LogP contribution < -0.4 is 10.1 Å². The van der Waals surface area contributed by atoms with Crippen LogP contribution in [0.15, 0.2) is 18.2 Å². The minimum Gasteiger partial charge on any atom is -0.496 e. The average Bonchev–Trinajstić information content (AvgIpc) is 2.46. The highest BCUT2D eigenvalue weighted by Crippen LogP contribution is 2.24. The van der Waals surface area contributed by atoms with Crippen molar-refractivity contribution in [1.29, 1.82) is 0 Å². The Hall–Kier alpha value is -2.19. The molecule has 0 atom stereocenters. The van der Waals surface area contributed by atoms with E-state index in [1.807, 2.05) is 0 Å². The Morgan fingerprint density at radius 3 is 2.80 bits per heavy atom. The number of nitrogens with one attached hydrogen (secondary N) is 1. The topological polar surface area (TPSA) is 111 Å². The summed E-state index contributed by atoms with van der Waals surface area (Å²) in [4.78, 5) is 21.9. The third kappa shape index (κ3) is 4.48. The van der Waals surface area contributed by atoms with E-state index in [-0.39, 0.29) is 43.4 Å². The second-order valence-corrected chi connectivity index (χ2v) is 3.73. The molecule has 1 rings (SSSR count). The number of hydrogen-bond donors (Lipinski definition) is 2. The summed E-state index contributed by atoms with van der Waals surface area (Å²) in [6, 6.07) is 3.76. The standard InChI is InChI=1S/C12H16N2O6/c1-19-11-8-9(14(17)18)2-3-10(11)12(16)13-4-6-20-7-5-15/h2-3,8,15H,4-7H2,1H3,(H,13,16). The summed E-state index contributed by atoms with van der Waals surface area (Å²) in [7, 11) is 1.33. The largest absolute Gasteiger partial charge is 0.496 e. The number of nitrogens with zero attached hydrogens (tertiary/aromatic N) is 1. The van der Waals surface area contributed by atoms with Crippen LogP contribution in [0.1, 0.15) is 10.4 Å². The van der Waals surface area contributed by atoms with Gasteiger partial charge in [0.1, 0.15) is 5.75 Å². The monoisotopic (exact) mass is 284 g/mol. The first kappa shape index (κ1) is 15.9. The van der Waals surface area contributed by atoms with E-state index in [9.17, 15) is 14.9 Å². The van der Waals surface area contributed by atoms with Crippen molar-refractivity contribution in [2.45, 2.75) is 0 Å². The lowest BCUT2D eigenvalue weighted by molar-refractivity contribution is -0.384. The molecule has 0 fully saturated rings. The third-order valence-electron chi connectivity index (χ3n) is 2.41. The van der Waals surface area contributed by atoms with Crippen LogP contribution in [0, 0.1) is 10.1 Å². The summed E-state index contributed by atoms with van der Waals surface area (Å²) >= 11 is 0. The van der Waals surface area contributed by atoms with Gasteiger partial charge < -0.3 is 19.9 Å². The van der Waals surface area contributed by atoms with Gasteiger partial charge in [-0.3, -0.25) is 14.9 Å². The molecule has 0 saturated heterocycles. The quantitative estimate of drug-likeness (QED) is 0.404. The Kier molecular flexibility index (Phi) is 6.41. The lowest BCUT2D eigenvalue weighted by Gasteiger charge is -2.09. The zero-order valence-corrected chi connectivity index (χ0v) is 11.0. The fourth-order valence-corrected chi connectivity index (χ4v) is 1.48. The van der Waals surface area contributed by atoms with Crippen LogP contribution in [0.4, 0.5) is 5.69 Å². The first-order chi connectivity index (χ1) is 9.60. The maximum atomic E-state index is 11.9. The molecule has 0 heterocycles. The number of nitro benzene ring substituents is 1. The van der Waals surface area contributed by atoms with Crippen molar-refractivity contribution in [3.05, 3.63) is 33.9 Å². The van der Waals surface area contributed by atoms with Crippen molar-refractivity contribution >= 4 is 11.6 Å². The predicted molar refractivity (Wildman–Crippen MR) is 69.9 cm³/mol. The van der Waals surface area contributed by atoms with Gasteiger partial charge in [0.2, 0.25) is 0 Å². The lowest BCUT2D eigenvalue weighted by Crippen LogP contribution is -2.28. The number of ether oxygens (including phenoxy) is 2. The number of nitro groups is 1. The maximum absolute atomic E-state index is 11.9. The normalized spacial score (nSPS) is 10.1. The fraction of sp³-hybridized carbons (Fsp3) is 0.417. The number of methoxy groups -OCH3 is 1. The smallest absolute Gasteiger partial charge is 0.273 e. The molecule has 0 spiro atoms. The molecule has 1 aromatic rings. The van der Waals surface area contributed by atoms with Crippen LogP contribution in [0.25, 0.3) is 0 Å². The van der Waals surface area contributed by atoms with Crippen molar-refractivity contribution < 1.29 is 24.3 Å². The number of aliphatic hydroxyl groups excluding tert-OH is 1. The average molecular weight is 284 g/mol. The minimum absolute atomic E-state index is 0.0792. The van der Waals surface area contributed by atoms with Gasteiger partial charge in [0.15, 0.2) is 0 Å². The van der Waals surface area contributed by atoms with Crippen LogP contribution in [-0.2, 0) is 4.74 Å². The van der Waals surface area contributed by atoms with Crippen LogP contribution >= 0.6 is 0 Å². The Labute approximate surface area is 115 Å². The summed E-state index contributed by atoms with van der Waals surface area (Å²) in [5.41, 5.74) is 0.0601. The highest BCUT2D eigenvalue weighted by Gasteiger charge is 2.16. The molecule has 110 valence electrons. The van der Waals surface area contributed by atoms with Gasteiger partial charge in [-0.2, -0.15) is 0 Å². The van der Waals surface area contributed by atoms with Crippen molar-refractivity contribution in [3.63, 3.8) is 0 Å². The number of benzene rings is 1. The molecule has 0 aromatic heterocycles. The number of aliphatic hydroxyl groups is 1. The SMILES string of the molecule is COc1cc([N+](=O)[O-])ccc1C(=O)NCCOCCO. The van der Waals surface area contributed by atoms with E-state index in [1.54, 1.807) is 0 Å². The molecule has 0 unspecified atom stereocenters. The van der Waals surface area contributed by atoms with Gasteiger partial charge in [-0.25, -0.2) is 0 Å². The molecule has 1 amide bonds. The van der Waals surface area contributed by atoms with E-state index in [0.29, 0.717) is 0 Å². The number of non-ortho nitro benzene ring substituents is 1. The molecule has 0 bridgehead atoms. The van der Waals surface area contributed by atoms with Crippen molar-refractivity contribution in [3.8, 4) is 5.75 Å². The predicted octanol–water partition coefficient (Wildman–Crippen LogP) is 0.342. The molecule has 0 radical (unpaired) electrons. The number of rotatable bonds is 8. The zero-order chi connectivity index (χ0) is 15.0. The van der Waals surface area contributed by atoms with Gasteiger partial charge >= 0.3 is 0 Å². The summed E-state index contributed by atoms with van der Waals surface area (Å²) in [6.07, 6.45) is 0. The van der Waals surface area contributed by atoms with Gasteiger partial charge in [-0.1, -0.05) is 0 Å². The van der Waals surface area contributed by atoms with Gasteiger partial charge in [-0.15, -0.1) is 0 Å². The van der Waals surface area contributed by atoms with Gasteiger partial charge in [0, 0.05) is 12.6 Å². The van der Waals surface area contributed by atoms with Gasteiger partial charge in [0.25, 0.3) is 11.6 Å². The molecular formula is C12H16N2O6. The van der Waals surface area contributed by atoms with E-state index in [1.165, 1.54) is 25.3 Å². The number of carbonyl (C=O) groups excluding carboxylic acids is 1. The van der Waals surface area contributed by atoms with E-state index >= 15 is 0 Å². The van der Waals surface area contributed by atoms with E-state index in [2.05, 4.69) is 5.32 Å². The molecule has 20 heavy (non-hydrogen) atoms. The number of amides is 1. The summed E-state index contributed by atoms with van der Waals surface area (Å²) < 4.78 is 9.96. The molecule has 8 heteroatoms. The second-order valence-electron chi connectivity index (χ2n) is 3.73. The zero-order valence-electron chi connectivity index (χ0n) is 11.0. The second kappa shape index (κ2) is 8.08. The van der Waals surface area contributed by atoms with Crippen LogP contribution in [0.3, 0.4) is 0 Å². The lowest BCUT2D eigenvalue weighted by atomic mass is 10.1. The van der Waals surface area contributed by atoms with E-state index in [0.717, 1.165) is 0 Å². The van der Waals surface area contributed by atoms with Crippen molar-refractivity contribution in [2.24, 2.45) is 0 Å². The van der Waals surface area contributed by atoms with Gasteiger partial charge in [-0.05, 0) is 6.07 Å². The molecule has 2 N–H and O–H groups in total. The fourth-order valence-electron chi connectivity index (χ4n) is 1.48. The molecule has 0 aliphatic rings. The Bertz CT molecular complexity index is 477. The molecule has 0 aliphatic carbocycles. The number of carbonyl (C=O) groups is 1. The Balaban J connectivity index is 2.65. The molecule has 1 aromatic carbocycles. The van der Waals surface area contributed by atoms with Gasteiger partial charge in [0.05, 0.1) is 43.5 Å².